The monoisotopic (exact) mass is 365 g/mol. The minimum atomic E-state index is -0.400. The normalized spacial score (nSPS) is 14.2. The maximum atomic E-state index is 12.3. The third kappa shape index (κ3) is 4.35. The van der Waals surface area contributed by atoms with Crippen molar-refractivity contribution in [3.63, 3.8) is 0 Å². The summed E-state index contributed by atoms with van der Waals surface area (Å²) in [6.07, 6.45) is 1.69. The summed E-state index contributed by atoms with van der Waals surface area (Å²) >= 11 is 0. The number of amides is 1. The summed E-state index contributed by atoms with van der Waals surface area (Å²) in [4.78, 5) is 26.2. The van der Waals surface area contributed by atoms with Crippen molar-refractivity contribution in [2.45, 2.75) is 13.5 Å². The van der Waals surface area contributed by atoms with E-state index >= 15 is 0 Å². The molecule has 0 bridgehead atoms. The summed E-state index contributed by atoms with van der Waals surface area (Å²) in [5.74, 6) is -0.606. The topological polar surface area (TPSA) is 70.7 Å². The van der Waals surface area contributed by atoms with E-state index < -0.39 is 5.97 Å². The number of carbonyl (C=O) groups is 2. The Morgan fingerprint density at radius 2 is 1.93 bits per heavy atom. The number of rotatable bonds is 6. The number of nitrogens with zero attached hydrogens (tertiary/aromatic N) is 1. The van der Waals surface area contributed by atoms with Crippen LogP contribution in [-0.4, -0.2) is 37.5 Å². The Morgan fingerprint density at radius 3 is 2.59 bits per heavy atom. The zero-order valence-electron chi connectivity index (χ0n) is 15.7. The average Bonchev–Trinajstić information content (AvgIpc) is 2.95. The van der Waals surface area contributed by atoms with E-state index in [4.69, 9.17) is 4.74 Å². The van der Waals surface area contributed by atoms with E-state index in [1.54, 1.807) is 31.3 Å². The van der Waals surface area contributed by atoms with E-state index in [1.807, 2.05) is 26.2 Å². The molecular formula is C21H23N3O3. The molecule has 2 N–H and O–H groups in total. The number of nitrogens with one attached hydrogen (secondary N) is 2. The first-order valence-electron chi connectivity index (χ1n) is 8.81. The molecule has 2 aromatic carbocycles. The van der Waals surface area contributed by atoms with E-state index in [1.165, 1.54) is 5.56 Å². The van der Waals surface area contributed by atoms with Gasteiger partial charge in [0.25, 0.3) is 5.91 Å². The summed E-state index contributed by atoms with van der Waals surface area (Å²) in [7, 11) is 4.06. The Morgan fingerprint density at radius 1 is 1.19 bits per heavy atom. The fourth-order valence-electron chi connectivity index (χ4n) is 2.91. The van der Waals surface area contributed by atoms with Gasteiger partial charge in [-0.1, -0.05) is 18.2 Å². The van der Waals surface area contributed by atoms with Crippen molar-refractivity contribution in [3.05, 3.63) is 65.4 Å². The van der Waals surface area contributed by atoms with Gasteiger partial charge in [0.05, 0.1) is 17.7 Å². The second-order valence-corrected chi connectivity index (χ2v) is 6.57. The number of anilines is 2. The first-order valence-corrected chi connectivity index (χ1v) is 8.81. The SMILES string of the molecule is CCOC(=O)c1ccc2c(c1)NC(=O)/C2=C/Nc1ccc(CN(C)C)cc1. The number of benzene rings is 2. The first kappa shape index (κ1) is 18.7. The van der Waals surface area contributed by atoms with Crippen molar-refractivity contribution in [1.29, 1.82) is 0 Å². The van der Waals surface area contributed by atoms with Crippen molar-refractivity contribution in [2.75, 3.05) is 31.3 Å². The number of carbonyl (C=O) groups excluding carboxylic acids is 2. The number of ether oxygens (including phenoxy) is 1. The Labute approximate surface area is 158 Å². The van der Waals surface area contributed by atoms with Crippen molar-refractivity contribution in [3.8, 4) is 0 Å². The summed E-state index contributed by atoms with van der Waals surface area (Å²) in [5, 5.41) is 5.96. The molecule has 0 radical (unpaired) electrons. The number of fused-ring (bicyclic) bond motifs is 1. The van der Waals surface area contributed by atoms with Crippen LogP contribution in [0, 0.1) is 0 Å². The summed E-state index contributed by atoms with van der Waals surface area (Å²) in [6, 6.07) is 13.1. The molecule has 6 heteroatoms. The second-order valence-electron chi connectivity index (χ2n) is 6.57. The van der Waals surface area contributed by atoms with Crippen LogP contribution in [-0.2, 0) is 16.1 Å². The van der Waals surface area contributed by atoms with Crippen LogP contribution in [0.2, 0.25) is 0 Å². The van der Waals surface area contributed by atoms with E-state index in [0.717, 1.165) is 17.8 Å². The fraction of sp³-hybridized carbons (Fsp3) is 0.238. The van der Waals surface area contributed by atoms with Gasteiger partial charge in [-0.25, -0.2) is 4.79 Å². The van der Waals surface area contributed by atoms with Gasteiger partial charge < -0.3 is 20.3 Å². The number of hydrogen-bond donors (Lipinski definition) is 2. The van der Waals surface area contributed by atoms with Gasteiger partial charge in [0.2, 0.25) is 0 Å². The van der Waals surface area contributed by atoms with Gasteiger partial charge in [0.1, 0.15) is 0 Å². The highest BCUT2D eigenvalue weighted by atomic mass is 16.5. The van der Waals surface area contributed by atoms with E-state index in [2.05, 4.69) is 27.7 Å². The van der Waals surface area contributed by atoms with Gasteiger partial charge in [-0.15, -0.1) is 0 Å². The number of esters is 1. The predicted octanol–water partition coefficient (Wildman–Crippen LogP) is 3.33. The molecule has 0 spiro atoms. The van der Waals surface area contributed by atoms with Crippen molar-refractivity contribution in [2.24, 2.45) is 0 Å². The predicted molar refractivity (Wildman–Crippen MR) is 106 cm³/mol. The molecule has 1 heterocycles. The highest BCUT2D eigenvalue weighted by Crippen LogP contribution is 2.32. The maximum Gasteiger partial charge on any atom is 0.338 e. The molecule has 3 rings (SSSR count). The quantitative estimate of drug-likeness (QED) is 0.607. The van der Waals surface area contributed by atoms with Crippen molar-refractivity contribution < 1.29 is 14.3 Å². The molecule has 1 amide bonds. The molecule has 0 atom stereocenters. The van der Waals surface area contributed by atoms with Gasteiger partial charge in [-0.05, 0) is 50.8 Å². The lowest BCUT2D eigenvalue weighted by Gasteiger charge is -2.10. The van der Waals surface area contributed by atoms with Crippen molar-refractivity contribution >= 4 is 28.8 Å². The van der Waals surface area contributed by atoms with Crippen LogP contribution < -0.4 is 10.6 Å². The Bertz CT molecular complexity index is 886. The van der Waals surface area contributed by atoms with Crippen LogP contribution in [0.5, 0.6) is 0 Å². The van der Waals surface area contributed by atoms with E-state index in [9.17, 15) is 9.59 Å². The highest BCUT2D eigenvalue weighted by molar-refractivity contribution is 6.31. The summed E-state index contributed by atoms with van der Waals surface area (Å²) in [6.45, 7) is 2.94. The minimum Gasteiger partial charge on any atom is -0.462 e. The maximum absolute atomic E-state index is 12.3. The molecule has 0 aromatic heterocycles. The molecule has 0 saturated carbocycles. The lowest BCUT2D eigenvalue weighted by Crippen LogP contribution is -2.10. The molecular weight excluding hydrogens is 342 g/mol. The fourth-order valence-corrected chi connectivity index (χ4v) is 2.91. The molecule has 2 aromatic rings. The summed E-state index contributed by atoms with van der Waals surface area (Å²) in [5.41, 5.74) is 4.42. The van der Waals surface area contributed by atoms with Gasteiger partial charge in [-0.3, -0.25) is 4.79 Å². The molecule has 1 aliphatic rings. The largest absolute Gasteiger partial charge is 0.462 e. The standard InChI is InChI=1S/C21H23N3O3/c1-4-27-21(26)15-7-10-17-18(20(25)23-19(17)11-15)12-22-16-8-5-14(6-9-16)13-24(2)3/h5-12,22H,4,13H2,1-3H3,(H,23,25)/b18-12+. The zero-order valence-corrected chi connectivity index (χ0v) is 15.7. The molecule has 0 aliphatic carbocycles. The molecule has 140 valence electrons. The Kier molecular flexibility index (Phi) is 5.57. The van der Waals surface area contributed by atoms with Crippen molar-refractivity contribution in [1.82, 2.24) is 4.90 Å². The lowest BCUT2D eigenvalue weighted by molar-refractivity contribution is -0.110. The van der Waals surface area contributed by atoms with Gasteiger partial charge in [-0.2, -0.15) is 0 Å². The molecule has 27 heavy (non-hydrogen) atoms. The smallest absolute Gasteiger partial charge is 0.338 e. The van der Waals surface area contributed by atoms with Gasteiger partial charge in [0, 0.05) is 29.7 Å². The molecule has 0 unspecified atom stereocenters. The highest BCUT2D eigenvalue weighted by Gasteiger charge is 2.25. The van der Waals surface area contributed by atoms with E-state index in [0.29, 0.717) is 23.4 Å². The second kappa shape index (κ2) is 8.05. The van der Waals surface area contributed by atoms with Crippen LogP contribution in [0.4, 0.5) is 11.4 Å². The first-order chi connectivity index (χ1) is 13.0. The molecule has 1 aliphatic heterocycles. The third-order valence-corrected chi connectivity index (χ3v) is 4.15. The van der Waals surface area contributed by atoms with Crippen LogP contribution in [0.3, 0.4) is 0 Å². The van der Waals surface area contributed by atoms with Crippen LogP contribution in [0.1, 0.15) is 28.4 Å². The third-order valence-electron chi connectivity index (χ3n) is 4.15. The Hall–Kier alpha value is -3.12. The molecule has 0 saturated heterocycles. The van der Waals surface area contributed by atoms with Crippen LogP contribution in [0.15, 0.2) is 48.7 Å². The van der Waals surface area contributed by atoms with Gasteiger partial charge >= 0.3 is 5.97 Å². The zero-order chi connectivity index (χ0) is 19.4. The number of hydrogen-bond acceptors (Lipinski definition) is 5. The van der Waals surface area contributed by atoms with Gasteiger partial charge in [0.15, 0.2) is 0 Å². The Balaban J connectivity index is 1.76. The molecule has 6 nitrogen and oxygen atoms in total. The minimum absolute atomic E-state index is 0.206. The summed E-state index contributed by atoms with van der Waals surface area (Å²) < 4.78 is 5.00. The van der Waals surface area contributed by atoms with Crippen LogP contribution >= 0.6 is 0 Å². The van der Waals surface area contributed by atoms with E-state index in [-0.39, 0.29) is 5.91 Å². The lowest BCUT2D eigenvalue weighted by atomic mass is 10.1. The average molecular weight is 365 g/mol. The van der Waals surface area contributed by atoms with Crippen LogP contribution in [0.25, 0.3) is 5.57 Å². The molecule has 0 fully saturated rings.